The van der Waals surface area contributed by atoms with E-state index in [9.17, 15) is 0 Å². The smallest absolute Gasteiger partial charge is 0.225 e. The lowest BCUT2D eigenvalue weighted by atomic mass is 9.94. The van der Waals surface area contributed by atoms with E-state index in [0.29, 0.717) is 0 Å². The molecule has 1 aliphatic heterocycles. The van der Waals surface area contributed by atoms with Crippen molar-refractivity contribution in [1.82, 2.24) is 15.3 Å². The van der Waals surface area contributed by atoms with Crippen molar-refractivity contribution in [2.24, 2.45) is 5.92 Å². The van der Waals surface area contributed by atoms with Gasteiger partial charge in [-0.25, -0.2) is 9.97 Å². The summed E-state index contributed by atoms with van der Waals surface area (Å²) in [5.74, 6) is 1.76. The topological polar surface area (TPSA) is 41.0 Å². The van der Waals surface area contributed by atoms with E-state index in [-0.39, 0.29) is 0 Å². The van der Waals surface area contributed by atoms with Crippen LogP contribution in [0, 0.1) is 12.8 Å². The highest BCUT2D eigenvalue weighted by Crippen LogP contribution is 2.22. The van der Waals surface area contributed by atoms with Crippen LogP contribution in [0.25, 0.3) is 0 Å². The van der Waals surface area contributed by atoms with Gasteiger partial charge in [0.25, 0.3) is 0 Å². The molecule has 0 aromatic carbocycles. The van der Waals surface area contributed by atoms with E-state index in [0.717, 1.165) is 37.2 Å². The van der Waals surface area contributed by atoms with Crippen molar-refractivity contribution in [2.75, 3.05) is 31.6 Å². The highest BCUT2D eigenvalue weighted by molar-refractivity contribution is 5.30. The molecule has 1 fully saturated rings. The molecule has 1 N–H and O–H groups in total. The number of hydrogen-bond acceptors (Lipinski definition) is 4. The Labute approximate surface area is 103 Å². The van der Waals surface area contributed by atoms with E-state index < -0.39 is 0 Å². The summed E-state index contributed by atoms with van der Waals surface area (Å²) in [6.45, 7) is 5.34. The summed E-state index contributed by atoms with van der Waals surface area (Å²) >= 11 is 0. The minimum Gasteiger partial charge on any atom is -0.341 e. The van der Waals surface area contributed by atoms with Crippen molar-refractivity contribution in [3.8, 4) is 0 Å². The predicted molar refractivity (Wildman–Crippen MR) is 70.2 cm³/mol. The Bertz CT molecular complexity index is 345. The van der Waals surface area contributed by atoms with Gasteiger partial charge in [0.05, 0.1) is 0 Å². The van der Waals surface area contributed by atoms with Gasteiger partial charge >= 0.3 is 0 Å². The number of rotatable bonds is 4. The molecular formula is C13H22N4. The maximum Gasteiger partial charge on any atom is 0.225 e. The lowest BCUT2D eigenvalue weighted by Crippen LogP contribution is -2.35. The van der Waals surface area contributed by atoms with Gasteiger partial charge in [-0.2, -0.15) is 0 Å². The third-order valence-corrected chi connectivity index (χ3v) is 3.48. The summed E-state index contributed by atoms with van der Waals surface area (Å²) in [5.41, 5.74) is 1.05. The molecule has 0 spiro atoms. The van der Waals surface area contributed by atoms with Gasteiger partial charge in [-0.3, -0.25) is 0 Å². The fraction of sp³-hybridized carbons (Fsp3) is 0.692. The number of piperidine rings is 1. The molecule has 0 radical (unpaired) electrons. The molecule has 0 saturated carbocycles. The summed E-state index contributed by atoms with van der Waals surface area (Å²) in [5, 5.41) is 3.23. The Kier molecular flexibility index (Phi) is 4.31. The third kappa shape index (κ3) is 3.40. The molecule has 0 bridgehead atoms. The SMILES string of the molecule is CNCCC1CCN(c2nccc(C)n2)CC1. The van der Waals surface area contributed by atoms with Crippen LogP contribution in [0.3, 0.4) is 0 Å². The van der Waals surface area contributed by atoms with E-state index in [1.165, 1.54) is 19.3 Å². The van der Waals surface area contributed by atoms with Crippen molar-refractivity contribution in [1.29, 1.82) is 0 Å². The average molecular weight is 234 g/mol. The molecule has 0 amide bonds. The summed E-state index contributed by atoms with van der Waals surface area (Å²) in [6.07, 6.45) is 5.67. The molecule has 0 aliphatic carbocycles. The molecule has 17 heavy (non-hydrogen) atoms. The van der Waals surface area contributed by atoms with Gasteiger partial charge in [-0.05, 0) is 51.8 Å². The number of hydrogen-bond donors (Lipinski definition) is 1. The number of nitrogens with one attached hydrogen (secondary N) is 1. The number of nitrogens with zero attached hydrogens (tertiary/aromatic N) is 3. The molecule has 0 unspecified atom stereocenters. The van der Waals surface area contributed by atoms with Gasteiger partial charge in [-0.15, -0.1) is 0 Å². The van der Waals surface area contributed by atoms with Crippen LogP contribution >= 0.6 is 0 Å². The first-order chi connectivity index (χ1) is 8.29. The molecule has 1 aliphatic rings. The third-order valence-electron chi connectivity index (χ3n) is 3.48. The van der Waals surface area contributed by atoms with Crippen molar-refractivity contribution in [3.63, 3.8) is 0 Å². The highest BCUT2D eigenvalue weighted by atomic mass is 15.2. The Morgan fingerprint density at radius 2 is 2.18 bits per heavy atom. The minimum absolute atomic E-state index is 0.864. The van der Waals surface area contributed by atoms with Gasteiger partial charge in [0.1, 0.15) is 0 Å². The molecule has 0 atom stereocenters. The lowest BCUT2D eigenvalue weighted by Gasteiger charge is -2.32. The summed E-state index contributed by atoms with van der Waals surface area (Å²) < 4.78 is 0. The standard InChI is InChI=1S/C13H22N4/c1-11-3-8-15-13(16-11)17-9-5-12(6-10-17)4-7-14-2/h3,8,12,14H,4-7,9-10H2,1-2H3. The van der Waals surface area contributed by atoms with E-state index >= 15 is 0 Å². The zero-order chi connectivity index (χ0) is 12.1. The fourth-order valence-corrected chi connectivity index (χ4v) is 2.36. The monoisotopic (exact) mass is 234 g/mol. The number of aryl methyl sites for hydroxylation is 1. The first kappa shape index (κ1) is 12.3. The average Bonchev–Trinajstić information content (AvgIpc) is 2.37. The Morgan fingerprint density at radius 1 is 1.41 bits per heavy atom. The van der Waals surface area contributed by atoms with Gasteiger partial charge in [-0.1, -0.05) is 0 Å². The van der Waals surface area contributed by atoms with E-state index in [2.05, 4.69) is 20.2 Å². The molecule has 94 valence electrons. The maximum absolute atomic E-state index is 4.49. The second kappa shape index (κ2) is 5.96. The lowest BCUT2D eigenvalue weighted by molar-refractivity contribution is 0.375. The van der Waals surface area contributed by atoms with Crippen molar-refractivity contribution in [3.05, 3.63) is 18.0 Å². The van der Waals surface area contributed by atoms with Crippen LogP contribution < -0.4 is 10.2 Å². The summed E-state index contributed by atoms with van der Waals surface area (Å²) in [4.78, 5) is 11.1. The highest BCUT2D eigenvalue weighted by Gasteiger charge is 2.20. The van der Waals surface area contributed by atoms with Gasteiger partial charge in [0, 0.05) is 25.0 Å². The van der Waals surface area contributed by atoms with Crippen LogP contribution in [0.5, 0.6) is 0 Å². The van der Waals surface area contributed by atoms with Crippen LogP contribution in [-0.4, -0.2) is 36.6 Å². The molecule has 1 aromatic heterocycles. The molecule has 4 nitrogen and oxygen atoms in total. The minimum atomic E-state index is 0.864. The Hall–Kier alpha value is -1.16. The fourth-order valence-electron chi connectivity index (χ4n) is 2.36. The zero-order valence-corrected chi connectivity index (χ0v) is 10.8. The predicted octanol–water partition coefficient (Wildman–Crippen LogP) is 1.61. The molecule has 4 heteroatoms. The van der Waals surface area contributed by atoms with Crippen molar-refractivity contribution < 1.29 is 0 Å². The maximum atomic E-state index is 4.49. The second-order valence-electron chi connectivity index (χ2n) is 4.82. The van der Waals surface area contributed by atoms with Crippen LogP contribution in [0.4, 0.5) is 5.95 Å². The summed E-state index contributed by atoms with van der Waals surface area (Å²) in [6, 6.07) is 1.95. The van der Waals surface area contributed by atoms with Gasteiger partial charge < -0.3 is 10.2 Å². The van der Waals surface area contributed by atoms with E-state index in [1.54, 1.807) is 0 Å². The summed E-state index contributed by atoms with van der Waals surface area (Å²) in [7, 11) is 2.02. The number of anilines is 1. The first-order valence-electron chi connectivity index (χ1n) is 6.49. The number of aromatic nitrogens is 2. The van der Waals surface area contributed by atoms with E-state index in [4.69, 9.17) is 0 Å². The molecule has 2 rings (SSSR count). The molecular weight excluding hydrogens is 212 g/mol. The van der Waals surface area contributed by atoms with Gasteiger partial charge in [0.2, 0.25) is 5.95 Å². The largest absolute Gasteiger partial charge is 0.341 e. The van der Waals surface area contributed by atoms with Crippen molar-refractivity contribution in [2.45, 2.75) is 26.2 Å². The van der Waals surface area contributed by atoms with Crippen LogP contribution in [-0.2, 0) is 0 Å². The van der Waals surface area contributed by atoms with Crippen LogP contribution in [0.2, 0.25) is 0 Å². The van der Waals surface area contributed by atoms with Gasteiger partial charge in [0.15, 0.2) is 0 Å². The quantitative estimate of drug-likeness (QED) is 0.859. The van der Waals surface area contributed by atoms with Crippen molar-refractivity contribution >= 4 is 5.95 Å². The molecule has 2 heterocycles. The van der Waals surface area contributed by atoms with E-state index in [1.807, 2.05) is 26.2 Å². The van der Waals surface area contributed by atoms with Crippen LogP contribution in [0.1, 0.15) is 25.0 Å². The Morgan fingerprint density at radius 3 is 2.82 bits per heavy atom. The van der Waals surface area contributed by atoms with Crippen LogP contribution in [0.15, 0.2) is 12.3 Å². The first-order valence-corrected chi connectivity index (χ1v) is 6.49. The Balaban J connectivity index is 1.86. The molecule has 1 aromatic rings. The molecule has 1 saturated heterocycles. The second-order valence-corrected chi connectivity index (χ2v) is 4.82. The zero-order valence-electron chi connectivity index (χ0n) is 10.8. The normalized spacial score (nSPS) is 17.4.